The van der Waals surface area contributed by atoms with E-state index in [1.807, 2.05) is 0 Å². The van der Waals surface area contributed by atoms with Gasteiger partial charge in [-0.25, -0.2) is 13.4 Å². The lowest BCUT2D eigenvalue weighted by Crippen LogP contribution is -2.59. The maximum atomic E-state index is 13.8. The largest absolute Gasteiger partial charge is 0.391 e. The summed E-state index contributed by atoms with van der Waals surface area (Å²) in [4.78, 5) is 38.2. The molecule has 0 bridgehead atoms. The number of nitrogens with one attached hydrogen (secondary N) is 2. The van der Waals surface area contributed by atoms with E-state index < -0.39 is 22.2 Å². The zero-order valence-corrected chi connectivity index (χ0v) is 24.5. The number of halogens is 1. The van der Waals surface area contributed by atoms with Crippen molar-refractivity contribution in [1.82, 2.24) is 29.4 Å². The zero-order chi connectivity index (χ0) is 28.3. The molecule has 3 aromatic rings. The van der Waals surface area contributed by atoms with Crippen LogP contribution in [0.3, 0.4) is 0 Å². The van der Waals surface area contributed by atoms with Gasteiger partial charge in [0.25, 0.3) is 15.9 Å². The summed E-state index contributed by atoms with van der Waals surface area (Å²) in [6.45, 7) is 5.34. The molecule has 6 rings (SSSR count). The monoisotopic (exact) mass is 606 g/mol. The minimum atomic E-state index is -3.93. The van der Waals surface area contributed by atoms with Gasteiger partial charge in [-0.3, -0.25) is 9.59 Å². The maximum Gasteiger partial charge on any atom is 0.283 e. The maximum absolute atomic E-state index is 13.8. The first-order valence-electron chi connectivity index (χ1n) is 13.3. The van der Waals surface area contributed by atoms with Crippen molar-refractivity contribution in [2.24, 2.45) is 0 Å². The van der Waals surface area contributed by atoms with Gasteiger partial charge in [-0.2, -0.15) is 4.31 Å². The number of β-amino-alcohol motifs (C(OH)–C–C–N with tert-alkyl or cyclic N) is 1. The summed E-state index contributed by atoms with van der Waals surface area (Å²) in [5.74, 6) is -0.325. The van der Waals surface area contributed by atoms with Crippen molar-refractivity contribution < 1.29 is 23.1 Å². The number of fused-ring (bicyclic) bond motifs is 2. The normalized spacial score (nSPS) is 26.1. The zero-order valence-electron chi connectivity index (χ0n) is 22.1. The van der Waals surface area contributed by atoms with Crippen molar-refractivity contribution in [2.75, 3.05) is 32.7 Å². The first-order valence-corrected chi connectivity index (χ1v) is 15.9. The summed E-state index contributed by atoms with van der Waals surface area (Å²) in [5, 5.41) is 15.1. The van der Waals surface area contributed by atoms with Gasteiger partial charge in [0.1, 0.15) is 5.03 Å². The van der Waals surface area contributed by atoms with Crippen LogP contribution in [0, 0.1) is 0 Å². The fraction of sp³-hybridized carbons (Fsp3) is 0.500. The Hall–Kier alpha value is -2.55. The van der Waals surface area contributed by atoms with E-state index in [-0.39, 0.29) is 67.9 Å². The summed E-state index contributed by atoms with van der Waals surface area (Å²) in [7, 11) is -3.93. The van der Waals surface area contributed by atoms with Crippen LogP contribution in [0.25, 0.3) is 10.9 Å². The SMILES string of the molecule is CC1NCc2sc(C(=O)N3CCN(S(=O)(=O)c4cc5cc(Cl)ccc5[nH]4)CC3CN3CC(O)CC3=O)nc2C1C. The van der Waals surface area contributed by atoms with E-state index in [4.69, 9.17) is 16.6 Å². The van der Waals surface area contributed by atoms with Gasteiger partial charge in [-0.05, 0) is 31.2 Å². The number of aromatic nitrogens is 2. The van der Waals surface area contributed by atoms with Gasteiger partial charge < -0.3 is 25.2 Å². The van der Waals surface area contributed by atoms with Crippen molar-refractivity contribution in [3.8, 4) is 0 Å². The first-order chi connectivity index (χ1) is 19.0. The number of nitrogens with zero attached hydrogens (tertiary/aromatic N) is 4. The standard InChI is InChI=1S/C26H31ClN6O5S2/c1-14-15(2)28-10-21-24(14)30-25(39-21)26(36)33-6-5-32(12-18(33)11-31-13-19(34)9-23(31)35)40(37,38)22-8-16-7-17(27)3-4-20(16)29-22/h3-4,7-8,14-15,18-19,28-29,34H,5-6,9-13H2,1-2H3. The second kappa shape index (κ2) is 10.4. The molecule has 0 aliphatic carbocycles. The van der Waals surface area contributed by atoms with Crippen LogP contribution in [0.4, 0.5) is 0 Å². The first kappa shape index (κ1) is 27.6. The number of carbonyl (C=O) groups excluding carboxylic acids is 2. The third-order valence-corrected chi connectivity index (χ3v) is 11.3. The molecule has 3 aliphatic rings. The average Bonchev–Trinajstić information content (AvgIpc) is 3.62. The number of H-pyrrole nitrogens is 1. The Bertz CT molecular complexity index is 1590. The van der Waals surface area contributed by atoms with Gasteiger partial charge in [0.05, 0.1) is 24.3 Å². The lowest BCUT2D eigenvalue weighted by Gasteiger charge is -2.41. The topological polar surface area (TPSA) is 139 Å². The molecule has 2 fully saturated rings. The summed E-state index contributed by atoms with van der Waals surface area (Å²) in [6.07, 6.45) is -0.761. The minimum absolute atomic E-state index is 0.00412. The van der Waals surface area contributed by atoms with Crippen molar-refractivity contribution in [3.63, 3.8) is 0 Å². The number of benzene rings is 1. The Morgan fingerprint density at radius 1 is 1.23 bits per heavy atom. The number of aliphatic hydroxyl groups excluding tert-OH is 1. The van der Waals surface area contributed by atoms with Crippen molar-refractivity contribution >= 4 is 55.7 Å². The van der Waals surface area contributed by atoms with E-state index in [2.05, 4.69) is 24.1 Å². The van der Waals surface area contributed by atoms with Crippen LogP contribution in [0.5, 0.6) is 0 Å². The van der Waals surface area contributed by atoms with Crippen LogP contribution in [-0.4, -0.2) is 100 Å². The highest BCUT2D eigenvalue weighted by Gasteiger charge is 2.41. The molecule has 2 aromatic heterocycles. The summed E-state index contributed by atoms with van der Waals surface area (Å²) < 4.78 is 28.8. The Morgan fingerprint density at radius 2 is 2.02 bits per heavy atom. The predicted molar refractivity (Wildman–Crippen MR) is 151 cm³/mol. The Balaban J connectivity index is 1.29. The highest BCUT2D eigenvalue weighted by molar-refractivity contribution is 7.89. The summed E-state index contributed by atoms with van der Waals surface area (Å²) in [5.41, 5.74) is 1.57. The molecule has 214 valence electrons. The van der Waals surface area contributed by atoms with Crippen LogP contribution >= 0.6 is 22.9 Å². The van der Waals surface area contributed by atoms with Crippen LogP contribution in [0.2, 0.25) is 5.02 Å². The molecule has 0 radical (unpaired) electrons. The van der Waals surface area contributed by atoms with Gasteiger partial charge >= 0.3 is 0 Å². The number of rotatable bonds is 5. The summed E-state index contributed by atoms with van der Waals surface area (Å²) in [6, 6.07) is 6.30. The molecule has 2 amide bonds. The molecule has 14 heteroatoms. The number of sulfonamides is 1. The predicted octanol–water partition coefficient (Wildman–Crippen LogP) is 1.98. The highest BCUT2D eigenvalue weighted by atomic mass is 35.5. The third kappa shape index (κ3) is 4.92. The van der Waals surface area contributed by atoms with Gasteiger partial charge in [-0.15, -0.1) is 11.3 Å². The molecular weight excluding hydrogens is 576 g/mol. The average molecular weight is 607 g/mol. The Morgan fingerprint density at radius 3 is 2.77 bits per heavy atom. The molecule has 5 heterocycles. The van der Waals surface area contributed by atoms with Crippen molar-refractivity contribution in [3.05, 3.63) is 44.9 Å². The molecule has 0 spiro atoms. The number of piperazine rings is 1. The Kier molecular flexibility index (Phi) is 7.16. The van der Waals surface area contributed by atoms with E-state index in [1.165, 1.54) is 20.5 Å². The van der Waals surface area contributed by atoms with Crippen LogP contribution in [0.1, 0.15) is 46.6 Å². The smallest absolute Gasteiger partial charge is 0.283 e. The van der Waals surface area contributed by atoms with E-state index in [0.717, 1.165) is 10.6 Å². The number of carbonyl (C=O) groups is 2. The number of aromatic amines is 1. The fourth-order valence-corrected chi connectivity index (χ4v) is 8.47. The number of hydrogen-bond acceptors (Lipinski definition) is 8. The van der Waals surface area contributed by atoms with E-state index in [0.29, 0.717) is 27.5 Å². The second-order valence-corrected chi connectivity index (χ2v) is 14.2. The van der Waals surface area contributed by atoms with E-state index >= 15 is 0 Å². The number of hydrogen-bond donors (Lipinski definition) is 3. The lowest BCUT2D eigenvalue weighted by molar-refractivity contribution is -0.128. The highest BCUT2D eigenvalue weighted by Crippen LogP contribution is 2.33. The minimum Gasteiger partial charge on any atom is -0.391 e. The molecule has 40 heavy (non-hydrogen) atoms. The number of thiazole rings is 1. The Labute approximate surface area is 241 Å². The fourth-order valence-electron chi connectivity index (χ4n) is 5.73. The van der Waals surface area contributed by atoms with Gasteiger partial charge in [0, 0.05) is 72.0 Å². The number of amides is 2. The molecule has 11 nitrogen and oxygen atoms in total. The number of likely N-dealkylation sites (tertiary alicyclic amines) is 1. The van der Waals surface area contributed by atoms with Crippen LogP contribution < -0.4 is 5.32 Å². The van der Waals surface area contributed by atoms with E-state index in [9.17, 15) is 23.1 Å². The molecule has 1 aromatic carbocycles. The molecular formula is C26H31ClN6O5S2. The van der Waals surface area contributed by atoms with Gasteiger partial charge in [0.2, 0.25) is 5.91 Å². The van der Waals surface area contributed by atoms with Crippen molar-refractivity contribution in [2.45, 2.75) is 55.9 Å². The molecule has 4 unspecified atom stereocenters. The van der Waals surface area contributed by atoms with Crippen LogP contribution in [0.15, 0.2) is 29.3 Å². The summed E-state index contributed by atoms with van der Waals surface area (Å²) >= 11 is 7.45. The quantitative estimate of drug-likeness (QED) is 0.404. The number of aliphatic hydroxyl groups is 1. The second-order valence-electron chi connectivity index (χ2n) is 10.8. The van der Waals surface area contributed by atoms with Gasteiger partial charge in [0.15, 0.2) is 5.01 Å². The van der Waals surface area contributed by atoms with Crippen molar-refractivity contribution in [1.29, 1.82) is 0 Å². The molecule has 0 saturated carbocycles. The third-order valence-electron chi connectivity index (χ3n) is 8.18. The molecule has 2 saturated heterocycles. The molecule has 4 atom stereocenters. The molecule has 3 aliphatic heterocycles. The van der Waals surface area contributed by atoms with Crippen LogP contribution in [-0.2, 0) is 21.4 Å². The molecule has 3 N–H and O–H groups in total. The lowest BCUT2D eigenvalue weighted by atomic mass is 9.95. The van der Waals surface area contributed by atoms with Gasteiger partial charge in [-0.1, -0.05) is 18.5 Å². The van der Waals surface area contributed by atoms with E-state index in [1.54, 1.807) is 29.2 Å².